The van der Waals surface area contributed by atoms with Gasteiger partial charge in [0.25, 0.3) is 5.91 Å². The lowest BCUT2D eigenvalue weighted by Crippen LogP contribution is -2.19. The van der Waals surface area contributed by atoms with E-state index in [1.807, 2.05) is 13.0 Å². The molecule has 19 heavy (non-hydrogen) atoms. The molecule has 2 heterocycles. The van der Waals surface area contributed by atoms with Crippen LogP contribution >= 0.6 is 0 Å². The monoisotopic (exact) mass is 258 g/mol. The molecule has 1 amide bonds. The average molecular weight is 258 g/mol. The fraction of sp³-hybridized carbons (Fsp3) is 0.250. The molecule has 0 aliphatic heterocycles. The van der Waals surface area contributed by atoms with Crippen LogP contribution in [0.5, 0.6) is 0 Å². The van der Waals surface area contributed by atoms with Gasteiger partial charge in [-0.3, -0.25) is 4.79 Å². The van der Waals surface area contributed by atoms with Crippen LogP contribution in [0.25, 0.3) is 0 Å². The lowest BCUT2D eigenvalue weighted by Gasteiger charge is -2.05. The molecular weight excluding hydrogens is 244 g/mol. The Hall–Kier alpha value is -2.57. The van der Waals surface area contributed by atoms with E-state index in [-0.39, 0.29) is 11.6 Å². The third kappa shape index (κ3) is 3.44. The Morgan fingerprint density at radius 2 is 2.11 bits per heavy atom. The molecular formula is C12H14N6O. The van der Waals surface area contributed by atoms with Gasteiger partial charge in [0.15, 0.2) is 5.69 Å². The van der Waals surface area contributed by atoms with E-state index in [9.17, 15) is 4.79 Å². The van der Waals surface area contributed by atoms with Crippen LogP contribution in [0.1, 0.15) is 22.0 Å². The number of hydrogen-bond acceptors (Lipinski definition) is 6. The van der Waals surface area contributed by atoms with E-state index in [0.717, 1.165) is 11.5 Å². The van der Waals surface area contributed by atoms with Gasteiger partial charge in [-0.15, -0.1) is 10.2 Å². The van der Waals surface area contributed by atoms with Crippen LogP contribution in [-0.2, 0) is 6.54 Å². The Kier molecular flexibility index (Phi) is 3.97. The number of nitrogens with one attached hydrogen (secondary N) is 2. The van der Waals surface area contributed by atoms with Crippen molar-refractivity contribution >= 4 is 11.7 Å². The normalized spacial score (nSPS) is 10.0. The van der Waals surface area contributed by atoms with Gasteiger partial charge < -0.3 is 10.6 Å². The number of aryl methyl sites for hydroxylation is 1. The summed E-state index contributed by atoms with van der Waals surface area (Å²) in [6, 6.07) is 5.14. The Morgan fingerprint density at radius 1 is 1.26 bits per heavy atom. The van der Waals surface area contributed by atoms with Crippen LogP contribution in [0.2, 0.25) is 0 Å². The van der Waals surface area contributed by atoms with Crippen LogP contribution in [-0.4, -0.2) is 33.1 Å². The van der Waals surface area contributed by atoms with Gasteiger partial charge >= 0.3 is 0 Å². The fourth-order valence-corrected chi connectivity index (χ4v) is 1.46. The first kappa shape index (κ1) is 12.9. The van der Waals surface area contributed by atoms with Crippen LogP contribution in [0.4, 0.5) is 5.82 Å². The average Bonchev–Trinajstić information content (AvgIpc) is 2.45. The summed E-state index contributed by atoms with van der Waals surface area (Å²) in [5, 5.41) is 13.3. The predicted octanol–water partition coefficient (Wildman–Crippen LogP) is 0.547. The van der Waals surface area contributed by atoms with Gasteiger partial charge in [-0.1, -0.05) is 0 Å². The maximum atomic E-state index is 11.3. The zero-order valence-electron chi connectivity index (χ0n) is 10.7. The maximum Gasteiger partial charge on any atom is 0.271 e. The lowest BCUT2D eigenvalue weighted by molar-refractivity contribution is 0.0957. The number of amides is 1. The Balaban J connectivity index is 1.98. The van der Waals surface area contributed by atoms with Gasteiger partial charge in [-0.25, -0.2) is 9.97 Å². The van der Waals surface area contributed by atoms with Gasteiger partial charge in [0.2, 0.25) is 0 Å². The van der Waals surface area contributed by atoms with Crippen LogP contribution in [0.3, 0.4) is 0 Å². The molecule has 2 rings (SSSR count). The predicted molar refractivity (Wildman–Crippen MR) is 69.5 cm³/mol. The highest BCUT2D eigenvalue weighted by molar-refractivity contribution is 5.91. The van der Waals surface area contributed by atoms with E-state index < -0.39 is 0 Å². The van der Waals surface area contributed by atoms with E-state index in [2.05, 4.69) is 30.8 Å². The summed E-state index contributed by atoms with van der Waals surface area (Å²) in [6.07, 6.45) is 1.71. The highest BCUT2D eigenvalue weighted by Gasteiger charge is 2.05. The molecule has 7 nitrogen and oxygen atoms in total. The molecule has 0 saturated carbocycles. The first-order valence-corrected chi connectivity index (χ1v) is 5.77. The molecule has 0 aliphatic carbocycles. The SMILES string of the molecule is CNC(=O)c1ccc(NCc2ccnc(C)n2)nn1. The summed E-state index contributed by atoms with van der Waals surface area (Å²) in [4.78, 5) is 19.6. The second-order valence-corrected chi connectivity index (χ2v) is 3.83. The summed E-state index contributed by atoms with van der Waals surface area (Å²) >= 11 is 0. The van der Waals surface area contributed by atoms with Crippen LogP contribution in [0, 0.1) is 6.92 Å². The van der Waals surface area contributed by atoms with Crippen molar-refractivity contribution < 1.29 is 4.79 Å². The second-order valence-electron chi connectivity index (χ2n) is 3.83. The Bertz CT molecular complexity index is 569. The standard InChI is InChI=1S/C12H14N6O/c1-8-14-6-5-9(16-8)7-15-11-4-3-10(17-18-11)12(19)13-2/h3-6H,7H2,1-2H3,(H,13,19)(H,15,18). The molecule has 2 aromatic heterocycles. The summed E-state index contributed by atoms with van der Waals surface area (Å²) in [5.74, 6) is 1.05. The van der Waals surface area contributed by atoms with E-state index >= 15 is 0 Å². The highest BCUT2D eigenvalue weighted by atomic mass is 16.1. The van der Waals surface area contributed by atoms with Crippen molar-refractivity contribution in [1.82, 2.24) is 25.5 Å². The summed E-state index contributed by atoms with van der Waals surface area (Å²) in [5.41, 5.74) is 1.15. The summed E-state index contributed by atoms with van der Waals surface area (Å²) < 4.78 is 0. The number of nitrogens with zero attached hydrogens (tertiary/aromatic N) is 4. The number of rotatable bonds is 4. The first-order chi connectivity index (χ1) is 9.19. The minimum absolute atomic E-state index is 0.259. The number of hydrogen-bond donors (Lipinski definition) is 2. The van der Waals surface area contributed by atoms with Gasteiger partial charge in [-0.2, -0.15) is 0 Å². The third-order valence-corrected chi connectivity index (χ3v) is 2.41. The molecule has 0 saturated heterocycles. The van der Waals surface area contributed by atoms with Crippen molar-refractivity contribution in [2.75, 3.05) is 12.4 Å². The van der Waals surface area contributed by atoms with Crippen molar-refractivity contribution in [3.63, 3.8) is 0 Å². The molecule has 0 unspecified atom stereocenters. The summed E-state index contributed by atoms with van der Waals surface area (Å²) in [7, 11) is 1.55. The third-order valence-electron chi connectivity index (χ3n) is 2.41. The molecule has 98 valence electrons. The van der Waals surface area contributed by atoms with Crippen molar-refractivity contribution in [2.45, 2.75) is 13.5 Å². The molecule has 0 spiro atoms. The molecule has 2 aromatic rings. The fourth-order valence-electron chi connectivity index (χ4n) is 1.46. The maximum absolute atomic E-state index is 11.3. The quantitative estimate of drug-likeness (QED) is 0.831. The number of carbonyl (C=O) groups excluding carboxylic acids is 1. The number of carbonyl (C=O) groups is 1. The van der Waals surface area contributed by atoms with Crippen LogP contribution in [0.15, 0.2) is 24.4 Å². The van der Waals surface area contributed by atoms with E-state index in [0.29, 0.717) is 12.4 Å². The number of aromatic nitrogens is 4. The molecule has 0 bridgehead atoms. The Morgan fingerprint density at radius 3 is 2.74 bits per heavy atom. The van der Waals surface area contributed by atoms with E-state index in [1.165, 1.54) is 0 Å². The molecule has 7 heteroatoms. The molecule has 0 atom stereocenters. The topological polar surface area (TPSA) is 92.7 Å². The molecule has 0 fully saturated rings. The van der Waals surface area contributed by atoms with Crippen molar-refractivity contribution in [2.24, 2.45) is 0 Å². The van der Waals surface area contributed by atoms with Crippen LogP contribution < -0.4 is 10.6 Å². The van der Waals surface area contributed by atoms with Crippen molar-refractivity contribution in [1.29, 1.82) is 0 Å². The molecule has 0 radical (unpaired) electrons. The zero-order valence-corrected chi connectivity index (χ0v) is 10.7. The molecule has 0 aliphatic rings. The number of anilines is 1. The first-order valence-electron chi connectivity index (χ1n) is 5.77. The Labute approximate surface area is 110 Å². The minimum atomic E-state index is -0.259. The molecule has 0 aromatic carbocycles. The smallest absolute Gasteiger partial charge is 0.271 e. The van der Waals surface area contributed by atoms with Crippen molar-refractivity contribution in [3.05, 3.63) is 41.6 Å². The lowest BCUT2D eigenvalue weighted by atomic mass is 10.3. The van der Waals surface area contributed by atoms with Gasteiger partial charge in [0.05, 0.1) is 12.2 Å². The highest BCUT2D eigenvalue weighted by Crippen LogP contribution is 2.04. The van der Waals surface area contributed by atoms with Gasteiger partial charge in [0, 0.05) is 13.2 Å². The van der Waals surface area contributed by atoms with Gasteiger partial charge in [0.1, 0.15) is 11.6 Å². The minimum Gasteiger partial charge on any atom is -0.363 e. The second kappa shape index (κ2) is 5.85. The summed E-state index contributed by atoms with van der Waals surface area (Å²) in [6.45, 7) is 2.36. The molecule has 2 N–H and O–H groups in total. The van der Waals surface area contributed by atoms with Gasteiger partial charge in [-0.05, 0) is 25.1 Å². The van der Waals surface area contributed by atoms with E-state index in [4.69, 9.17) is 0 Å². The zero-order chi connectivity index (χ0) is 13.7. The van der Waals surface area contributed by atoms with Crippen molar-refractivity contribution in [3.8, 4) is 0 Å². The largest absolute Gasteiger partial charge is 0.363 e. The van der Waals surface area contributed by atoms with E-state index in [1.54, 1.807) is 25.4 Å².